The van der Waals surface area contributed by atoms with Gasteiger partial charge in [-0.25, -0.2) is 0 Å². The second kappa shape index (κ2) is 7.25. The Morgan fingerprint density at radius 2 is 1.80 bits per heavy atom. The lowest BCUT2D eigenvalue weighted by Gasteiger charge is -2.34. The lowest BCUT2D eigenvalue weighted by atomic mass is 10.1. The third-order valence-electron chi connectivity index (χ3n) is 4.64. The smallest absolute Gasteiger partial charge is 0.254 e. The number of hydrogen-bond acceptors (Lipinski definition) is 3. The van der Waals surface area contributed by atoms with Crippen LogP contribution >= 0.6 is 11.3 Å². The van der Waals surface area contributed by atoms with E-state index in [2.05, 4.69) is 21.7 Å². The zero-order valence-electron chi connectivity index (χ0n) is 14.0. The molecule has 3 aromatic rings. The summed E-state index contributed by atoms with van der Waals surface area (Å²) >= 11 is 1.74. The Balaban J connectivity index is 1.40. The number of rotatable bonds is 4. The zero-order valence-corrected chi connectivity index (χ0v) is 14.9. The van der Waals surface area contributed by atoms with Gasteiger partial charge in [-0.3, -0.25) is 9.69 Å². The molecule has 5 heteroatoms. The highest BCUT2D eigenvalue weighted by Crippen LogP contribution is 2.16. The molecule has 0 unspecified atom stereocenters. The predicted octanol–water partition coefficient (Wildman–Crippen LogP) is 3.50. The van der Waals surface area contributed by atoms with Gasteiger partial charge in [0.1, 0.15) is 0 Å². The monoisotopic (exact) mass is 351 g/mol. The average molecular weight is 351 g/mol. The molecule has 0 aliphatic carbocycles. The van der Waals surface area contributed by atoms with Crippen molar-refractivity contribution in [3.63, 3.8) is 0 Å². The summed E-state index contributed by atoms with van der Waals surface area (Å²) in [6.07, 6.45) is 3.99. The fraction of sp³-hybridized carbons (Fsp3) is 0.250. The molecule has 4 rings (SSSR count). The number of amides is 1. The van der Waals surface area contributed by atoms with E-state index < -0.39 is 0 Å². The molecule has 0 N–H and O–H groups in total. The van der Waals surface area contributed by atoms with Gasteiger partial charge in [0.2, 0.25) is 0 Å². The first-order valence-electron chi connectivity index (χ1n) is 8.56. The van der Waals surface area contributed by atoms with Crippen LogP contribution < -0.4 is 0 Å². The minimum Gasteiger partial charge on any atom is -0.336 e. The highest BCUT2D eigenvalue weighted by Gasteiger charge is 2.22. The van der Waals surface area contributed by atoms with Crippen molar-refractivity contribution in [2.75, 3.05) is 26.2 Å². The third kappa shape index (κ3) is 3.67. The molecule has 1 fully saturated rings. The SMILES string of the molecule is O=C(c1cccc(-n2cccc2)c1)N1CCN(Cc2ccsc2)CC1. The van der Waals surface area contributed by atoms with E-state index >= 15 is 0 Å². The summed E-state index contributed by atoms with van der Waals surface area (Å²) in [4.78, 5) is 17.2. The molecular formula is C20H21N3OS. The summed E-state index contributed by atoms with van der Waals surface area (Å²) in [5.74, 6) is 0.129. The van der Waals surface area contributed by atoms with Crippen molar-refractivity contribution in [3.8, 4) is 5.69 Å². The maximum atomic E-state index is 12.8. The van der Waals surface area contributed by atoms with E-state index in [1.54, 1.807) is 11.3 Å². The highest BCUT2D eigenvalue weighted by molar-refractivity contribution is 7.07. The largest absolute Gasteiger partial charge is 0.336 e. The third-order valence-corrected chi connectivity index (χ3v) is 5.37. The number of piperazine rings is 1. The molecule has 4 nitrogen and oxygen atoms in total. The average Bonchev–Trinajstić information content (AvgIpc) is 3.36. The van der Waals surface area contributed by atoms with Crippen molar-refractivity contribution < 1.29 is 4.79 Å². The van der Waals surface area contributed by atoms with Crippen LogP contribution in [0, 0.1) is 0 Å². The number of benzene rings is 1. The number of nitrogens with zero attached hydrogens (tertiary/aromatic N) is 3. The summed E-state index contributed by atoms with van der Waals surface area (Å²) in [7, 11) is 0. The van der Waals surface area contributed by atoms with Gasteiger partial charge in [0.15, 0.2) is 0 Å². The zero-order chi connectivity index (χ0) is 17.1. The second-order valence-electron chi connectivity index (χ2n) is 6.34. The van der Waals surface area contributed by atoms with Crippen LogP contribution in [0.15, 0.2) is 65.6 Å². The Morgan fingerprint density at radius 3 is 2.52 bits per heavy atom. The van der Waals surface area contributed by atoms with Gasteiger partial charge in [0.25, 0.3) is 5.91 Å². The maximum Gasteiger partial charge on any atom is 0.254 e. The Bertz CT molecular complexity index is 819. The molecule has 0 spiro atoms. The van der Waals surface area contributed by atoms with E-state index in [1.807, 2.05) is 58.3 Å². The van der Waals surface area contributed by atoms with E-state index in [-0.39, 0.29) is 5.91 Å². The number of aromatic nitrogens is 1. The predicted molar refractivity (Wildman–Crippen MR) is 101 cm³/mol. The van der Waals surface area contributed by atoms with E-state index in [4.69, 9.17) is 0 Å². The molecule has 0 atom stereocenters. The molecule has 1 aliphatic rings. The minimum atomic E-state index is 0.129. The summed E-state index contributed by atoms with van der Waals surface area (Å²) < 4.78 is 2.02. The van der Waals surface area contributed by atoms with Crippen molar-refractivity contribution in [1.82, 2.24) is 14.4 Å². The number of thiophene rings is 1. The van der Waals surface area contributed by atoms with Crippen molar-refractivity contribution in [2.24, 2.45) is 0 Å². The first-order chi connectivity index (χ1) is 12.3. The van der Waals surface area contributed by atoms with Crippen LogP contribution in [-0.2, 0) is 6.54 Å². The summed E-state index contributed by atoms with van der Waals surface area (Å²) in [6, 6.07) is 14.0. The molecular weight excluding hydrogens is 330 g/mol. The quantitative estimate of drug-likeness (QED) is 0.720. The topological polar surface area (TPSA) is 28.5 Å². The van der Waals surface area contributed by atoms with Gasteiger partial charge in [0.05, 0.1) is 0 Å². The second-order valence-corrected chi connectivity index (χ2v) is 7.12. The standard InChI is InChI=1S/C20H21N3OS/c24-20(18-4-3-5-19(14-18)22-7-1-2-8-22)23-11-9-21(10-12-23)15-17-6-13-25-16-17/h1-8,13-14,16H,9-12,15H2. The Kier molecular flexibility index (Phi) is 4.68. The summed E-state index contributed by atoms with van der Waals surface area (Å²) in [5, 5.41) is 4.32. The molecule has 1 amide bonds. The molecule has 128 valence electrons. The first-order valence-corrected chi connectivity index (χ1v) is 9.50. The van der Waals surface area contributed by atoms with Crippen LogP contribution in [0.2, 0.25) is 0 Å². The molecule has 0 bridgehead atoms. The minimum absolute atomic E-state index is 0.129. The molecule has 0 saturated carbocycles. The van der Waals surface area contributed by atoms with Crippen LogP contribution in [0.5, 0.6) is 0 Å². The fourth-order valence-corrected chi connectivity index (χ4v) is 3.90. The van der Waals surface area contributed by atoms with E-state index in [0.717, 1.165) is 44.0 Å². The molecule has 1 saturated heterocycles. The summed E-state index contributed by atoms with van der Waals surface area (Å²) in [6.45, 7) is 4.42. The van der Waals surface area contributed by atoms with Crippen molar-refractivity contribution >= 4 is 17.2 Å². The molecule has 1 aromatic carbocycles. The van der Waals surface area contributed by atoms with Crippen LogP contribution in [0.25, 0.3) is 5.69 Å². The Morgan fingerprint density at radius 1 is 1.00 bits per heavy atom. The van der Waals surface area contributed by atoms with Crippen LogP contribution in [0.1, 0.15) is 15.9 Å². The van der Waals surface area contributed by atoms with Crippen molar-refractivity contribution in [2.45, 2.75) is 6.54 Å². The van der Waals surface area contributed by atoms with Gasteiger partial charge in [-0.1, -0.05) is 6.07 Å². The van der Waals surface area contributed by atoms with Gasteiger partial charge in [0, 0.05) is 56.4 Å². The van der Waals surface area contributed by atoms with E-state index in [1.165, 1.54) is 5.56 Å². The lowest BCUT2D eigenvalue weighted by molar-refractivity contribution is 0.0628. The van der Waals surface area contributed by atoms with Crippen molar-refractivity contribution in [1.29, 1.82) is 0 Å². The van der Waals surface area contributed by atoms with Crippen LogP contribution in [-0.4, -0.2) is 46.5 Å². The maximum absolute atomic E-state index is 12.8. The van der Waals surface area contributed by atoms with Crippen LogP contribution in [0.4, 0.5) is 0 Å². The highest BCUT2D eigenvalue weighted by atomic mass is 32.1. The van der Waals surface area contributed by atoms with Crippen molar-refractivity contribution in [3.05, 3.63) is 76.7 Å². The van der Waals surface area contributed by atoms with Gasteiger partial charge < -0.3 is 9.47 Å². The summed E-state index contributed by atoms with van der Waals surface area (Å²) in [5.41, 5.74) is 3.15. The van der Waals surface area contributed by atoms with Gasteiger partial charge >= 0.3 is 0 Å². The van der Waals surface area contributed by atoms with E-state index in [9.17, 15) is 4.79 Å². The van der Waals surface area contributed by atoms with Gasteiger partial charge in [-0.05, 0) is 52.7 Å². The molecule has 25 heavy (non-hydrogen) atoms. The van der Waals surface area contributed by atoms with Gasteiger partial charge in [-0.15, -0.1) is 0 Å². The first kappa shape index (κ1) is 16.1. The number of carbonyl (C=O) groups excluding carboxylic acids is 1. The van der Waals surface area contributed by atoms with Crippen LogP contribution in [0.3, 0.4) is 0 Å². The Hall–Kier alpha value is -2.37. The fourth-order valence-electron chi connectivity index (χ4n) is 3.24. The van der Waals surface area contributed by atoms with Gasteiger partial charge in [-0.2, -0.15) is 11.3 Å². The molecule has 2 aromatic heterocycles. The van der Waals surface area contributed by atoms with E-state index in [0.29, 0.717) is 0 Å². The molecule has 0 radical (unpaired) electrons. The Labute approximate surface area is 151 Å². The molecule has 3 heterocycles. The number of carbonyl (C=O) groups is 1. The number of hydrogen-bond donors (Lipinski definition) is 0. The normalized spacial score (nSPS) is 15.4. The lowest BCUT2D eigenvalue weighted by Crippen LogP contribution is -2.48. The molecule has 1 aliphatic heterocycles.